The molecule has 29 heavy (non-hydrogen) atoms. The number of fused-ring (bicyclic) bond motifs is 3. The Kier molecular flexibility index (Phi) is 6.13. The van der Waals surface area contributed by atoms with Crippen LogP contribution in [0.15, 0.2) is 53.2 Å². The number of hydrogen-bond acceptors (Lipinski definition) is 6. The molecule has 2 heterocycles. The third kappa shape index (κ3) is 4.15. The molecule has 1 aliphatic carbocycles. The molecular weight excluding hydrogens is 404 g/mol. The molecule has 150 valence electrons. The molecule has 1 atom stereocenters. The third-order valence-corrected chi connectivity index (χ3v) is 6.72. The first kappa shape index (κ1) is 19.9. The number of methoxy groups -OCH3 is 1. The molecule has 0 N–H and O–H groups in total. The summed E-state index contributed by atoms with van der Waals surface area (Å²) in [6.45, 7) is 2.64. The van der Waals surface area contributed by atoms with E-state index < -0.39 is 6.10 Å². The lowest BCUT2D eigenvalue weighted by Gasteiger charge is -2.14. The van der Waals surface area contributed by atoms with Crippen molar-refractivity contribution in [3.63, 3.8) is 0 Å². The highest BCUT2D eigenvalue weighted by Gasteiger charge is 2.25. The smallest absolute Gasteiger partial charge is 0.335 e. The highest BCUT2D eigenvalue weighted by Crippen LogP contribution is 2.49. The van der Waals surface area contributed by atoms with Crippen LogP contribution in [0.1, 0.15) is 22.2 Å². The summed E-state index contributed by atoms with van der Waals surface area (Å²) in [6, 6.07) is 12.1. The Morgan fingerprint density at radius 3 is 2.28 bits per heavy atom. The van der Waals surface area contributed by atoms with E-state index >= 15 is 0 Å². The van der Waals surface area contributed by atoms with E-state index in [0.29, 0.717) is 19.6 Å². The Bertz CT molecular complexity index is 971. The summed E-state index contributed by atoms with van der Waals surface area (Å²) in [4.78, 5) is 14.5. The van der Waals surface area contributed by atoms with Crippen LogP contribution in [0.5, 0.6) is 5.75 Å². The van der Waals surface area contributed by atoms with E-state index in [-0.39, 0.29) is 5.97 Å². The predicted octanol–water partition coefficient (Wildman–Crippen LogP) is 5.42. The van der Waals surface area contributed by atoms with Crippen molar-refractivity contribution in [1.82, 2.24) is 0 Å². The van der Waals surface area contributed by atoms with Gasteiger partial charge in [-0.05, 0) is 53.6 Å². The largest absolute Gasteiger partial charge is 0.490 e. The van der Waals surface area contributed by atoms with Gasteiger partial charge in [-0.2, -0.15) is 0 Å². The quantitative estimate of drug-likeness (QED) is 0.353. The van der Waals surface area contributed by atoms with Gasteiger partial charge in [0.1, 0.15) is 12.4 Å². The Balaban J connectivity index is 1.38. The van der Waals surface area contributed by atoms with E-state index in [1.807, 2.05) is 24.3 Å². The van der Waals surface area contributed by atoms with E-state index in [1.165, 1.54) is 33.6 Å². The number of thiophene rings is 2. The van der Waals surface area contributed by atoms with Crippen LogP contribution in [0.25, 0.3) is 16.7 Å². The molecule has 6 heteroatoms. The second-order valence-electron chi connectivity index (χ2n) is 6.58. The molecule has 0 amide bonds. The molecule has 0 aliphatic heterocycles. The van der Waals surface area contributed by atoms with Crippen LogP contribution in [-0.4, -0.2) is 32.4 Å². The van der Waals surface area contributed by atoms with Crippen molar-refractivity contribution in [3.8, 4) is 16.9 Å². The zero-order valence-corrected chi connectivity index (χ0v) is 18.0. The van der Waals surface area contributed by atoms with Crippen molar-refractivity contribution < 1.29 is 19.0 Å². The first-order chi connectivity index (χ1) is 14.2. The molecule has 0 saturated heterocycles. The molecule has 0 saturated carbocycles. The summed E-state index contributed by atoms with van der Waals surface area (Å²) in [5.41, 5.74) is 4.93. The summed E-state index contributed by atoms with van der Waals surface area (Å²) >= 11 is 3.55. The van der Waals surface area contributed by atoms with E-state index in [0.717, 1.165) is 11.3 Å². The van der Waals surface area contributed by atoms with Crippen LogP contribution in [0.2, 0.25) is 0 Å². The molecular formula is C23H22O4S2. The van der Waals surface area contributed by atoms with Crippen LogP contribution in [0.3, 0.4) is 0 Å². The molecule has 0 bridgehead atoms. The molecule has 2 aromatic heterocycles. The standard InChI is InChI=1S/C23H22O4S2/c1-3-26-23(24)20(25-2)14-15-4-6-16(7-5-15)27-11-8-19-21-17(9-12-28-21)18-10-13-29-22(18)19/h4-10,12-13,20H,3,11,14H2,1-2H3. The van der Waals surface area contributed by atoms with Crippen molar-refractivity contribution in [2.24, 2.45) is 0 Å². The molecule has 4 rings (SSSR count). The molecule has 3 aromatic rings. The Labute approximate surface area is 178 Å². The van der Waals surface area contributed by atoms with Crippen molar-refractivity contribution in [3.05, 3.63) is 68.6 Å². The third-order valence-electron chi connectivity index (χ3n) is 4.83. The van der Waals surface area contributed by atoms with E-state index in [1.54, 1.807) is 29.6 Å². The average Bonchev–Trinajstić information content (AvgIpc) is 3.43. The normalized spacial score (nSPS) is 13.0. The lowest BCUT2D eigenvalue weighted by molar-refractivity contribution is -0.154. The first-order valence-electron chi connectivity index (χ1n) is 9.48. The molecule has 0 radical (unpaired) electrons. The van der Waals surface area contributed by atoms with E-state index in [4.69, 9.17) is 14.2 Å². The maximum Gasteiger partial charge on any atom is 0.335 e. The highest BCUT2D eigenvalue weighted by atomic mass is 32.1. The number of ether oxygens (including phenoxy) is 3. The molecule has 1 unspecified atom stereocenters. The second kappa shape index (κ2) is 8.95. The van der Waals surface area contributed by atoms with Gasteiger partial charge in [0.2, 0.25) is 0 Å². The van der Waals surface area contributed by atoms with Gasteiger partial charge < -0.3 is 14.2 Å². The van der Waals surface area contributed by atoms with Crippen LogP contribution in [-0.2, 0) is 20.7 Å². The van der Waals surface area contributed by atoms with Gasteiger partial charge in [-0.15, -0.1) is 22.7 Å². The van der Waals surface area contributed by atoms with Crippen LogP contribution >= 0.6 is 22.7 Å². The van der Waals surface area contributed by atoms with Gasteiger partial charge >= 0.3 is 5.97 Å². The number of esters is 1. The van der Waals surface area contributed by atoms with Crippen molar-refractivity contribution in [1.29, 1.82) is 0 Å². The van der Waals surface area contributed by atoms with Gasteiger partial charge in [0.05, 0.1) is 6.61 Å². The Hall–Kier alpha value is -2.41. The SMILES string of the molecule is CCOC(=O)C(Cc1ccc(OCC=C2c3sccc3-c3ccsc32)cc1)OC. The van der Waals surface area contributed by atoms with Gasteiger partial charge in [-0.1, -0.05) is 12.1 Å². The molecule has 4 nitrogen and oxygen atoms in total. The summed E-state index contributed by atoms with van der Waals surface area (Å²) in [5.74, 6) is 0.464. The minimum Gasteiger partial charge on any atom is -0.490 e. The number of carbonyl (C=O) groups is 1. The minimum absolute atomic E-state index is 0.334. The van der Waals surface area contributed by atoms with Crippen molar-refractivity contribution >= 4 is 34.2 Å². The van der Waals surface area contributed by atoms with Crippen LogP contribution in [0, 0.1) is 0 Å². The summed E-state index contributed by atoms with van der Waals surface area (Å²) < 4.78 is 16.2. The summed E-state index contributed by atoms with van der Waals surface area (Å²) in [5, 5.41) is 4.28. The van der Waals surface area contributed by atoms with E-state index in [9.17, 15) is 4.79 Å². The topological polar surface area (TPSA) is 44.8 Å². The average molecular weight is 427 g/mol. The number of rotatable bonds is 8. The van der Waals surface area contributed by atoms with Crippen LogP contribution < -0.4 is 4.74 Å². The second-order valence-corrected chi connectivity index (χ2v) is 8.41. The van der Waals surface area contributed by atoms with Gasteiger partial charge in [-0.3, -0.25) is 0 Å². The zero-order valence-electron chi connectivity index (χ0n) is 16.3. The first-order valence-corrected chi connectivity index (χ1v) is 11.2. The fraction of sp³-hybridized carbons (Fsp3) is 0.261. The maximum absolute atomic E-state index is 11.9. The summed E-state index contributed by atoms with van der Waals surface area (Å²) in [6.07, 6.45) is 2.05. The lowest BCUT2D eigenvalue weighted by atomic mass is 10.1. The van der Waals surface area contributed by atoms with E-state index in [2.05, 4.69) is 29.0 Å². The monoisotopic (exact) mass is 426 g/mol. The highest BCUT2D eigenvalue weighted by molar-refractivity contribution is 7.15. The number of hydrogen-bond donors (Lipinski definition) is 0. The van der Waals surface area contributed by atoms with Gasteiger partial charge in [0.25, 0.3) is 0 Å². The molecule has 0 fully saturated rings. The minimum atomic E-state index is -0.589. The maximum atomic E-state index is 11.9. The predicted molar refractivity (Wildman–Crippen MR) is 118 cm³/mol. The Morgan fingerprint density at radius 2 is 1.69 bits per heavy atom. The van der Waals surface area contributed by atoms with Crippen molar-refractivity contribution in [2.45, 2.75) is 19.4 Å². The van der Waals surface area contributed by atoms with Gasteiger partial charge in [0.15, 0.2) is 6.10 Å². The van der Waals surface area contributed by atoms with Gasteiger partial charge in [0, 0.05) is 40.0 Å². The van der Waals surface area contributed by atoms with Crippen molar-refractivity contribution in [2.75, 3.05) is 20.3 Å². The number of benzene rings is 1. The molecule has 0 spiro atoms. The Morgan fingerprint density at radius 1 is 1.03 bits per heavy atom. The zero-order chi connectivity index (χ0) is 20.2. The summed E-state index contributed by atoms with van der Waals surface area (Å²) in [7, 11) is 1.52. The molecule has 1 aromatic carbocycles. The fourth-order valence-corrected chi connectivity index (χ4v) is 5.38. The fourth-order valence-electron chi connectivity index (χ4n) is 3.40. The lowest BCUT2D eigenvalue weighted by Crippen LogP contribution is -2.27. The number of carbonyl (C=O) groups excluding carboxylic acids is 1. The molecule has 1 aliphatic rings. The van der Waals surface area contributed by atoms with Gasteiger partial charge in [-0.25, -0.2) is 4.79 Å². The van der Waals surface area contributed by atoms with Crippen LogP contribution in [0.4, 0.5) is 0 Å².